The monoisotopic (exact) mass is 610 g/mol. The predicted octanol–water partition coefficient (Wildman–Crippen LogP) is 6.92. The van der Waals surface area contributed by atoms with E-state index >= 15 is 0 Å². The van der Waals surface area contributed by atoms with E-state index in [-0.39, 0.29) is 29.7 Å². The average Bonchev–Trinajstić information content (AvgIpc) is 3.36. The highest BCUT2D eigenvalue weighted by Crippen LogP contribution is 2.36. The Balaban J connectivity index is 1.31. The summed E-state index contributed by atoms with van der Waals surface area (Å²) < 4.78 is 14.0. The first-order valence-corrected chi connectivity index (χ1v) is 15.6. The molecular formula is C36H36ClFN4O2. The van der Waals surface area contributed by atoms with Crippen molar-refractivity contribution in [2.45, 2.75) is 51.2 Å². The molecule has 0 saturated carbocycles. The number of carbonyl (C=O) groups excluding carboxylic acids is 2. The lowest BCUT2D eigenvalue weighted by Crippen LogP contribution is -2.30. The molecule has 2 saturated heterocycles. The zero-order chi connectivity index (χ0) is 30.6. The smallest absolute Gasteiger partial charge is 0.254 e. The second-order valence-corrected chi connectivity index (χ2v) is 12.1. The number of nitrogens with one attached hydrogen (secondary N) is 3. The molecular weight excluding hydrogens is 575 g/mol. The van der Waals surface area contributed by atoms with Crippen LogP contribution in [0.4, 0.5) is 10.1 Å². The summed E-state index contributed by atoms with van der Waals surface area (Å²) in [4.78, 5) is 29.4. The van der Waals surface area contributed by atoms with Crippen molar-refractivity contribution in [3.05, 3.63) is 129 Å². The van der Waals surface area contributed by atoms with E-state index in [9.17, 15) is 14.0 Å². The normalized spacial score (nSPS) is 20.2. The van der Waals surface area contributed by atoms with Gasteiger partial charge in [0.2, 0.25) is 0 Å². The molecule has 3 aliphatic rings. The van der Waals surface area contributed by atoms with Gasteiger partial charge in [-0.25, -0.2) is 4.39 Å². The van der Waals surface area contributed by atoms with Gasteiger partial charge in [-0.1, -0.05) is 48.4 Å². The van der Waals surface area contributed by atoms with Crippen LogP contribution in [0, 0.1) is 5.82 Å². The largest absolute Gasteiger partial charge is 0.354 e. The van der Waals surface area contributed by atoms with E-state index in [0.29, 0.717) is 33.9 Å². The van der Waals surface area contributed by atoms with E-state index in [2.05, 4.69) is 33.0 Å². The van der Waals surface area contributed by atoms with Gasteiger partial charge < -0.3 is 16.0 Å². The van der Waals surface area contributed by atoms with Crippen LogP contribution in [0.25, 0.3) is 5.70 Å². The Morgan fingerprint density at radius 3 is 2.55 bits per heavy atom. The molecule has 3 N–H and O–H groups in total. The molecule has 2 fully saturated rings. The Bertz CT molecular complexity index is 1640. The van der Waals surface area contributed by atoms with Crippen molar-refractivity contribution in [2.75, 3.05) is 18.4 Å². The maximum atomic E-state index is 14.0. The average molecular weight is 611 g/mol. The first-order valence-electron chi connectivity index (χ1n) is 15.2. The van der Waals surface area contributed by atoms with Crippen molar-refractivity contribution in [3.8, 4) is 0 Å². The van der Waals surface area contributed by atoms with Gasteiger partial charge in [-0.3, -0.25) is 14.5 Å². The molecule has 0 bridgehead atoms. The Morgan fingerprint density at radius 2 is 1.80 bits per heavy atom. The van der Waals surface area contributed by atoms with Crippen molar-refractivity contribution >= 4 is 34.8 Å². The molecule has 0 radical (unpaired) electrons. The van der Waals surface area contributed by atoms with Crippen molar-refractivity contribution in [1.82, 2.24) is 15.5 Å². The van der Waals surface area contributed by atoms with Gasteiger partial charge in [0.1, 0.15) is 5.82 Å². The Kier molecular flexibility index (Phi) is 8.96. The van der Waals surface area contributed by atoms with Gasteiger partial charge in [0.25, 0.3) is 11.8 Å². The van der Waals surface area contributed by atoms with Crippen LogP contribution in [0.15, 0.2) is 102 Å². The number of fused-ring (bicyclic) bond motifs is 1. The molecule has 2 aliphatic heterocycles. The summed E-state index contributed by atoms with van der Waals surface area (Å²) in [5, 5.41) is 10.3. The van der Waals surface area contributed by atoms with Gasteiger partial charge in [0, 0.05) is 22.8 Å². The summed E-state index contributed by atoms with van der Waals surface area (Å²) in [6, 6.07) is 21.2. The number of carbonyl (C=O) groups is 2. The molecule has 8 heteroatoms. The van der Waals surface area contributed by atoms with Gasteiger partial charge >= 0.3 is 0 Å². The van der Waals surface area contributed by atoms with E-state index in [1.54, 1.807) is 30.3 Å². The fourth-order valence-corrected chi connectivity index (χ4v) is 6.26. The summed E-state index contributed by atoms with van der Waals surface area (Å²) in [5.41, 5.74) is 5.89. The van der Waals surface area contributed by atoms with Crippen LogP contribution in [0.2, 0.25) is 5.02 Å². The quantitative estimate of drug-likeness (QED) is 0.242. The van der Waals surface area contributed by atoms with Crippen LogP contribution < -0.4 is 16.0 Å². The van der Waals surface area contributed by atoms with Gasteiger partial charge in [0.05, 0.1) is 23.4 Å². The zero-order valence-corrected chi connectivity index (χ0v) is 25.5. The van der Waals surface area contributed by atoms with E-state index in [1.165, 1.54) is 37.0 Å². The van der Waals surface area contributed by atoms with E-state index in [1.807, 2.05) is 37.3 Å². The van der Waals surface area contributed by atoms with Gasteiger partial charge in [-0.15, -0.1) is 0 Å². The molecule has 2 heterocycles. The third-order valence-electron chi connectivity index (χ3n) is 8.49. The predicted molar refractivity (Wildman–Crippen MR) is 173 cm³/mol. The summed E-state index contributed by atoms with van der Waals surface area (Å²) in [5.74, 6) is -0.815. The molecule has 6 nitrogen and oxygen atoms in total. The van der Waals surface area contributed by atoms with Crippen LogP contribution >= 0.6 is 11.6 Å². The second-order valence-electron chi connectivity index (χ2n) is 11.7. The Morgan fingerprint density at radius 1 is 1.05 bits per heavy atom. The standard InChI is InChI=1S/C36H36ClFN4O2/c1-23(25-8-13-28(37)14-9-25)39-35(43)27-12-17-32-31(21-27)33(36(44)41-32)34(26-10-15-29(38)16-11-26)40-30-7-5-6-24(20-30)22-42-18-3-2-4-19-42/h5-16,20-21,23,32,40H,2-4,17-19,22H2,1H3,(H,39,43)(H,41,44)/b34-33-/t23-,32?/m1/s1. The summed E-state index contributed by atoms with van der Waals surface area (Å²) in [6.07, 6.45) is 7.86. The number of hydrogen-bond donors (Lipinski definition) is 3. The van der Waals surface area contributed by atoms with Crippen molar-refractivity contribution < 1.29 is 14.0 Å². The van der Waals surface area contributed by atoms with Gasteiger partial charge in [0.15, 0.2) is 0 Å². The fraction of sp³-hybridized carbons (Fsp3) is 0.278. The lowest BCUT2D eigenvalue weighted by atomic mass is 9.90. The zero-order valence-electron chi connectivity index (χ0n) is 24.7. The van der Waals surface area contributed by atoms with E-state index in [4.69, 9.17) is 11.6 Å². The number of hydrogen-bond acceptors (Lipinski definition) is 4. The van der Waals surface area contributed by atoms with Crippen LogP contribution in [0.3, 0.4) is 0 Å². The molecule has 1 aliphatic carbocycles. The van der Waals surface area contributed by atoms with E-state index in [0.717, 1.165) is 36.5 Å². The van der Waals surface area contributed by atoms with E-state index < -0.39 is 0 Å². The Hall–Kier alpha value is -4.20. The molecule has 226 valence electrons. The number of nitrogens with zero attached hydrogens (tertiary/aromatic N) is 1. The summed E-state index contributed by atoms with van der Waals surface area (Å²) in [7, 11) is 0. The van der Waals surface area contributed by atoms with Crippen molar-refractivity contribution in [2.24, 2.45) is 0 Å². The number of benzene rings is 3. The van der Waals surface area contributed by atoms with Crippen LogP contribution in [-0.2, 0) is 16.1 Å². The maximum absolute atomic E-state index is 14.0. The SMILES string of the molecule is C[C@@H](NC(=O)C1=CCC2NC(=O)/C(=C(\Nc3cccc(CN4CCCCC4)c3)c3ccc(F)cc3)C2=C1)c1ccc(Cl)cc1. The molecule has 0 aromatic heterocycles. The highest BCUT2D eigenvalue weighted by atomic mass is 35.5. The third kappa shape index (κ3) is 6.79. The van der Waals surface area contributed by atoms with Crippen LogP contribution in [0.1, 0.15) is 55.3 Å². The lowest BCUT2D eigenvalue weighted by Gasteiger charge is -2.26. The molecule has 3 aromatic rings. The second kappa shape index (κ2) is 13.2. The molecule has 44 heavy (non-hydrogen) atoms. The number of amides is 2. The molecule has 1 unspecified atom stereocenters. The van der Waals surface area contributed by atoms with Crippen molar-refractivity contribution in [1.29, 1.82) is 0 Å². The topological polar surface area (TPSA) is 73.5 Å². The van der Waals surface area contributed by atoms with Gasteiger partial charge in [-0.05, 0) is 116 Å². The van der Waals surface area contributed by atoms with Gasteiger partial charge in [-0.2, -0.15) is 0 Å². The fourth-order valence-electron chi connectivity index (χ4n) is 6.14. The highest BCUT2D eigenvalue weighted by Gasteiger charge is 2.37. The number of halogens is 2. The number of likely N-dealkylation sites (tertiary alicyclic amines) is 1. The molecule has 2 amide bonds. The highest BCUT2D eigenvalue weighted by molar-refractivity contribution is 6.30. The minimum Gasteiger partial charge on any atom is -0.354 e. The number of rotatable bonds is 8. The summed E-state index contributed by atoms with van der Waals surface area (Å²) >= 11 is 6.03. The van der Waals surface area contributed by atoms with Crippen LogP contribution in [-0.4, -0.2) is 35.8 Å². The maximum Gasteiger partial charge on any atom is 0.254 e. The first-order chi connectivity index (χ1) is 21.3. The lowest BCUT2D eigenvalue weighted by molar-refractivity contribution is -0.118. The number of piperidine rings is 1. The molecule has 3 aromatic carbocycles. The minimum atomic E-state index is -0.357. The number of anilines is 1. The molecule has 2 atom stereocenters. The molecule has 6 rings (SSSR count). The molecule has 0 spiro atoms. The van der Waals surface area contributed by atoms with Crippen molar-refractivity contribution in [3.63, 3.8) is 0 Å². The minimum absolute atomic E-state index is 0.223. The third-order valence-corrected chi connectivity index (χ3v) is 8.75. The first kappa shape index (κ1) is 29.9. The van der Waals surface area contributed by atoms with Crippen LogP contribution in [0.5, 0.6) is 0 Å². The Labute approximate surface area is 262 Å². The summed E-state index contributed by atoms with van der Waals surface area (Å²) in [6.45, 7) is 4.98.